The van der Waals surface area contributed by atoms with Gasteiger partial charge >= 0.3 is 0 Å². The van der Waals surface area contributed by atoms with Crippen molar-refractivity contribution in [3.63, 3.8) is 0 Å². The summed E-state index contributed by atoms with van der Waals surface area (Å²) in [7, 11) is 0. The summed E-state index contributed by atoms with van der Waals surface area (Å²) in [4.78, 5) is 30.2. The number of amides is 2. The van der Waals surface area contributed by atoms with Crippen molar-refractivity contribution < 1.29 is 14.4 Å². The second kappa shape index (κ2) is 10.0. The van der Waals surface area contributed by atoms with Crippen molar-refractivity contribution in [3.05, 3.63) is 108 Å². The van der Waals surface area contributed by atoms with Crippen LogP contribution < -0.4 is 10.8 Å². The number of hydroxylamine groups is 1. The molecule has 2 amide bonds. The zero-order valence-corrected chi connectivity index (χ0v) is 15.4. The standard InChI is InChI=1S/C23H22N2O3/c26-22(25-28-17-18-10-4-1-5-11-18)16-21(19-12-6-2-7-13-19)24-23(27)20-14-8-3-9-15-20/h1-15,21H,16-17H2,(H,24,27)(H,25,26)/t21-/m1/s1. The first-order valence-corrected chi connectivity index (χ1v) is 9.08. The molecule has 1 atom stereocenters. The van der Waals surface area contributed by atoms with Crippen molar-refractivity contribution >= 4 is 11.8 Å². The van der Waals surface area contributed by atoms with Crippen molar-refractivity contribution in [1.29, 1.82) is 0 Å². The first kappa shape index (κ1) is 19.3. The summed E-state index contributed by atoms with van der Waals surface area (Å²) in [6, 6.07) is 27.4. The third kappa shape index (κ3) is 5.79. The van der Waals surface area contributed by atoms with Crippen LogP contribution in [0.2, 0.25) is 0 Å². The van der Waals surface area contributed by atoms with Gasteiger partial charge in [-0.05, 0) is 23.3 Å². The molecule has 28 heavy (non-hydrogen) atoms. The molecular formula is C23H22N2O3. The van der Waals surface area contributed by atoms with Gasteiger partial charge in [0.15, 0.2) is 0 Å². The molecule has 0 aliphatic carbocycles. The van der Waals surface area contributed by atoms with Crippen molar-refractivity contribution in [2.75, 3.05) is 0 Å². The number of benzene rings is 3. The number of carbonyl (C=O) groups is 2. The summed E-state index contributed by atoms with van der Waals surface area (Å²) in [5.74, 6) is -0.536. The van der Waals surface area contributed by atoms with E-state index in [0.717, 1.165) is 11.1 Å². The quantitative estimate of drug-likeness (QED) is 0.590. The predicted octanol–water partition coefficient (Wildman–Crippen LogP) is 3.80. The fourth-order valence-electron chi connectivity index (χ4n) is 2.77. The van der Waals surface area contributed by atoms with E-state index in [1.165, 1.54) is 0 Å². The van der Waals surface area contributed by atoms with E-state index in [1.54, 1.807) is 24.3 Å². The summed E-state index contributed by atoms with van der Waals surface area (Å²) in [5, 5.41) is 2.93. The molecule has 0 bridgehead atoms. The fourth-order valence-corrected chi connectivity index (χ4v) is 2.77. The number of carbonyl (C=O) groups excluding carboxylic acids is 2. The van der Waals surface area contributed by atoms with Gasteiger partial charge < -0.3 is 5.32 Å². The van der Waals surface area contributed by atoms with Gasteiger partial charge in [-0.15, -0.1) is 0 Å². The largest absolute Gasteiger partial charge is 0.345 e. The van der Waals surface area contributed by atoms with Crippen LogP contribution in [0.5, 0.6) is 0 Å². The molecule has 142 valence electrons. The molecule has 0 fully saturated rings. The van der Waals surface area contributed by atoms with Gasteiger partial charge in [0, 0.05) is 5.56 Å². The SMILES string of the molecule is O=C(C[C@@H](NC(=O)c1ccccc1)c1ccccc1)NOCc1ccccc1. The molecule has 0 saturated heterocycles. The van der Waals surface area contributed by atoms with Gasteiger partial charge in [-0.25, -0.2) is 5.48 Å². The maximum atomic E-state index is 12.5. The highest BCUT2D eigenvalue weighted by Gasteiger charge is 2.19. The van der Waals surface area contributed by atoms with Crippen LogP contribution in [0.15, 0.2) is 91.0 Å². The topological polar surface area (TPSA) is 67.4 Å². The minimum Gasteiger partial charge on any atom is -0.345 e. The van der Waals surface area contributed by atoms with Crippen molar-refractivity contribution in [3.8, 4) is 0 Å². The summed E-state index contributed by atoms with van der Waals surface area (Å²) in [6.07, 6.45) is 0.0668. The van der Waals surface area contributed by atoms with Crippen molar-refractivity contribution in [1.82, 2.24) is 10.8 Å². The zero-order valence-electron chi connectivity index (χ0n) is 15.4. The van der Waals surface area contributed by atoms with E-state index in [-0.39, 0.29) is 24.8 Å². The third-order valence-electron chi connectivity index (χ3n) is 4.20. The normalized spacial score (nSPS) is 11.4. The van der Waals surface area contributed by atoms with Crippen molar-refractivity contribution in [2.24, 2.45) is 0 Å². The average Bonchev–Trinajstić information content (AvgIpc) is 2.75. The molecular weight excluding hydrogens is 352 g/mol. The van der Waals surface area contributed by atoms with Crippen LogP contribution in [-0.2, 0) is 16.2 Å². The Balaban J connectivity index is 1.60. The molecule has 0 aliphatic rings. The molecule has 0 aliphatic heterocycles. The van der Waals surface area contributed by atoms with E-state index < -0.39 is 6.04 Å². The predicted molar refractivity (Wildman–Crippen MR) is 107 cm³/mol. The maximum Gasteiger partial charge on any atom is 0.251 e. The molecule has 3 aromatic carbocycles. The van der Waals surface area contributed by atoms with E-state index >= 15 is 0 Å². The second-order valence-corrected chi connectivity index (χ2v) is 6.31. The Morgan fingerprint density at radius 3 is 2.00 bits per heavy atom. The number of hydrogen-bond donors (Lipinski definition) is 2. The van der Waals surface area contributed by atoms with E-state index in [2.05, 4.69) is 10.8 Å². The Morgan fingerprint density at radius 1 is 0.786 bits per heavy atom. The first-order valence-electron chi connectivity index (χ1n) is 9.08. The lowest BCUT2D eigenvalue weighted by molar-refractivity contribution is -0.135. The molecule has 0 unspecified atom stereocenters. The molecule has 3 aromatic rings. The van der Waals surface area contributed by atoms with Crippen LogP contribution in [0.3, 0.4) is 0 Å². The Labute approximate surface area is 164 Å². The van der Waals surface area contributed by atoms with Crippen LogP contribution in [0.4, 0.5) is 0 Å². The van der Waals surface area contributed by atoms with Crippen LogP contribution in [0.1, 0.15) is 33.9 Å². The lowest BCUT2D eigenvalue weighted by Gasteiger charge is -2.19. The summed E-state index contributed by atoms with van der Waals surface area (Å²) < 4.78 is 0. The molecule has 0 radical (unpaired) electrons. The lowest BCUT2D eigenvalue weighted by atomic mass is 10.0. The summed E-state index contributed by atoms with van der Waals surface area (Å²) in [5.41, 5.74) is 4.81. The molecule has 0 heterocycles. The Hall–Kier alpha value is -3.44. The van der Waals surface area contributed by atoms with Crippen LogP contribution in [0.25, 0.3) is 0 Å². The van der Waals surface area contributed by atoms with Gasteiger partial charge in [0.1, 0.15) is 0 Å². The van der Waals surface area contributed by atoms with Gasteiger partial charge in [-0.1, -0.05) is 78.9 Å². The van der Waals surface area contributed by atoms with E-state index in [9.17, 15) is 9.59 Å². The maximum absolute atomic E-state index is 12.5. The van der Waals surface area contributed by atoms with E-state index in [4.69, 9.17) is 4.84 Å². The monoisotopic (exact) mass is 374 g/mol. The van der Waals surface area contributed by atoms with Crippen LogP contribution in [-0.4, -0.2) is 11.8 Å². The molecule has 0 saturated carbocycles. The van der Waals surface area contributed by atoms with Crippen LogP contribution in [0, 0.1) is 0 Å². The molecule has 3 rings (SSSR count). The number of hydrogen-bond acceptors (Lipinski definition) is 3. The summed E-state index contributed by atoms with van der Waals surface area (Å²) in [6.45, 7) is 0.277. The fraction of sp³-hybridized carbons (Fsp3) is 0.130. The lowest BCUT2D eigenvalue weighted by Crippen LogP contribution is -2.33. The van der Waals surface area contributed by atoms with Crippen molar-refractivity contribution in [2.45, 2.75) is 19.1 Å². The highest BCUT2D eigenvalue weighted by molar-refractivity contribution is 5.94. The zero-order chi connectivity index (χ0) is 19.6. The average molecular weight is 374 g/mol. The highest BCUT2D eigenvalue weighted by Crippen LogP contribution is 2.17. The van der Waals surface area contributed by atoms with Gasteiger partial charge in [-0.2, -0.15) is 0 Å². The van der Waals surface area contributed by atoms with E-state index in [0.29, 0.717) is 5.56 Å². The molecule has 5 heteroatoms. The van der Waals surface area contributed by atoms with Gasteiger partial charge in [0.25, 0.3) is 5.91 Å². The molecule has 5 nitrogen and oxygen atoms in total. The Bertz CT molecular complexity index is 883. The van der Waals surface area contributed by atoms with Gasteiger partial charge in [-0.3, -0.25) is 14.4 Å². The minimum atomic E-state index is -0.464. The Morgan fingerprint density at radius 2 is 1.36 bits per heavy atom. The molecule has 2 N–H and O–H groups in total. The van der Waals surface area contributed by atoms with Gasteiger partial charge in [0.2, 0.25) is 5.91 Å². The number of nitrogens with one attached hydrogen (secondary N) is 2. The highest BCUT2D eigenvalue weighted by atomic mass is 16.6. The van der Waals surface area contributed by atoms with E-state index in [1.807, 2.05) is 66.7 Å². The van der Waals surface area contributed by atoms with Crippen LogP contribution >= 0.6 is 0 Å². The summed E-state index contributed by atoms with van der Waals surface area (Å²) >= 11 is 0. The minimum absolute atomic E-state index is 0.0668. The Kier molecular flexibility index (Phi) is 6.93. The third-order valence-corrected chi connectivity index (χ3v) is 4.20. The van der Waals surface area contributed by atoms with Gasteiger partial charge in [0.05, 0.1) is 19.1 Å². The number of rotatable bonds is 8. The first-order chi connectivity index (χ1) is 13.7. The second-order valence-electron chi connectivity index (χ2n) is 6.31. The smallest absolute Gasteiger partial charge is 0.251 e. The molecule has 0 aromatic heterocycles. The molecule has 0 spiro atoms.